The van der Waals surface area contributed by atoms with Crippen molar-refractivity contribution >= 4 is 11.6 Å². The van der Waals surface area contributed by atoms with Crippen LogP contribution in [0.5, 0.6) is 0 Å². The van der Waals surface area contributed by atoms with Gasteiger partial charge in [-0.1, -0.05) is 54.1 Å². The van der Waals surface area contributed by atoms with Crippen LogP contribution in [0.4, 0.5) is 0 Å². The van der Waals surface area contributed by atoms with Gasteiger partial charge in [0, 0.05) is 17.0 Å². The van der Waals surface area contributed by atoms with Gasteiger partial charge in [-0.05, 0) is 49.7 Å². The first-order chi connectivity index (χ1) is 9.63. The van der Waals surface area contributed by atoms with E-state index in [1.54, 1.807) is 0 Å². The maximum absolute atomic E-state index is 6.04. The zero-order valence-electron chi connectivity index (χ0n) is 12.0. The van der Waals surface area contributed by atoms with Crippen LogP contribution in [0.15, 0.2) is 54.6 Å². The van der Waals surface area contributed by atoms with Crippen LogP contribution in [0.25, 0.3) is 0 Å². The van der Waals surface area contributed by atoms with E-state index in [1.807, 2.05) is 12.1 Å². The van der Waals surface area contributed by atoms with Crippen LogP contribution in [0.2, 0.25) is 5.02 Å². The minimum Gasteiger partial charge on any atom is -0.309 e. The number of hydrogen-bond acceptors (Lipinski definition) is 1. The first-order valence-electron chi connectivity index (χ1n) is 7.09. The second-order valence-corrected chi connectivity index (χ2v) is 6.44. The average molecular weight is 286 g/mol. The lowest BCUT2D eigenvalue weighted by atomic mass is 9.85. The van der Waals surface area contributed by atoms with Gasteiger partial charge in [-0.2, -0.15) is 0 Å². The highest BCUT2D eigenvalue weighted by atomic mass is 35.5. The Bertz CT molecular complexity index is 576. The molecule has 1 aliphatic rings. The highest BCUT2D eigenvalue weighted by Crippen LogP contribution is 2.58. The first-order valence-corrected chi connectivity index (χ1v) is 7.47. The van der Waals surface area contributed by atoms with Crippen molar-refractivity contribution in [3.8, 4) is 0 Å². The Kier molecular flexibility index (Phi) is 3.57. The summed E-state index contributed by atoms with van der Waals surface area (Å²) >= 11 is 6.04. The fourth-order valence-electron chi connectivity index (χ4n) is 3.35. The molecule has 0 spiro atoms. The van der Waals surface area contributed by atoms with Gasteiger partial charge in [-0.25, -0.2) is 0 Å². The summed E-state index contributed by atoms with van der Waals surface area (Å²) in [5.74, 6) is 0.682. The Morgan fingerprint density at radius 1 is 1.00 bits per heavy atom. The number of halogens is 1. The van der Waals surface area contributed by atoms with Gasteiger partial charge in [0.25, 0.3) is 0 Å². The van der Waals surface area contributed by atoms with E-state index in [0.717, 1.165) is 11.6 Å². The molecule has 0 saturated heterocycles. The van der Waals surface area contributed by atoms with Crippen LogP contribution in [0, 0.1) is 5.92 Å². The third-order valence-corrected chi connectivity index (χ3v) is 4.59. The summed E-state index contributed by atoms with van der Waals surface area (Å²) in [6.07, 6.45) is 1.22. The van der Waals surface area contributed by atoms with E-state index in [2.05, 4.69) is 61.5 Å². The SMILES string of the molecule is CN(C)CC1CC1(c1ccccc1)c1ccc(Cl)cc1. The molecule has 2 atom stereocenters. The minimum atomic E-state index is 0.177. The standard InChI is InChI=1S/C18H20ClN/c1-20(2)13-16-12-18(16,14-6-4-3-5-7-14)15-8-10-17(19)11-9-15/h3-11,16H,12-13H2,1-2H3. The molecule has 0 radical (unpaired) electrons. The molecule has 2 heteroatoms. The molecule has 0 N–H and O–H groups in total. The summed E-state index contributed by atoms with van der Waals surface area (Å²) in [6.45, 7) is 1.12. The topological polar surface area (TPSA) is 3.24 Å². The molecule has 1 fully saturated rings. The van der Waals surface area contributed by atoms with Crippen molar-refractivity contribution in [2.75, 3.05) is 20.6 Å². The normalized spacial score (nSPS) is 24.9. The van der Waals surface area contributed by atoms with Crippen molar-refractivity contribution in [2.45, 2.75) is 11.8 Å². The molecular formula is C18H20ClN. The molecule has 1 saturated carbocycles. The molecule has 20 heavy (non-hydrogen) atoms. The summed E-state index contributed by atoms with van der Waals surface area (Å²) in [7, 11) is 4.30. The molecule has 0 amide bonds. The Labute approximate surface area is 126 Å². The molecule has 0 bridgehead atoms. The molecule has 2 aromatic rings. The monoisotopic (exact) mass is 285 g/mol. The quantitative estimate of drug-likeness (QED) is 0.813. The van der Waals surface area contributed by atoms with Crippen LogP contribution < -0.4 is 0 Å². The minimum absolute atomic E-state index is 0.177. The van der Waals surface area contributed by atoms with Crippen molar-refractivity contribution < 1.29 is 0 Å². The number of hydrogen-bond donors (Lipinski definition) is 0. The summed E-state index contributed by atoms with van der Waals surface area (Å²) in [5, 5.41) is 0.807. The summed E-state index contributed by atoms with van der Waals surface area (Å²) in [6, 6.07) is 19.3. The van der Waals surface area contributed by atoms with Gasteiger partial charge in [0.05, 0.1) is 0 Å². The van der Waals surface area contributed by atoms with Gasteiger partial charge in [0.15, 0.2) is 0 Å². The van der Waals surface area contributed by atoms with Crippen molar-refractivity contribution in [1.82, 2.24) is 4.90 Å². The lowest BCUT2D eigenvalue weighted by Crippen LogP contribution is -2.21. The highest BCUT2D eigenvalue weighted by molar-refractivity contribution is 6.30. The molecule has 2 unspecified atom stereocenters. The molecule has 0 aliphatic heterocycles. The summed E-state index contributed by atoms with van der Waals surface area (Å²) in [5.41, 5.74) is 2.99. The molecule has 1 aliphatic carbocycles. The summed E-state index contributed by atoms with van der Waals surface area (Å²) in [4.78, 5) is 2.28. The predicted octanol–water partition coefficient (Wildman–Crippen LogP) is 4.21. The van der Waals surface area contributed by atoms with Gasteiger partial charge in [0.2, 0.25) is 0 Å². The molecule has 104 valence electrons. The van der Waals surface area contributed by atoms with E-state index in [4.69, 9.17) is 11.6 Å². The Morgan fingerprint density at radius 2 is 1.60 bits per heavy atom. The van der Waals surface area contributed by atoms with Crippen molar-refractivity contribution in [1.29, 1.82) is 0 Å². The van der Waals surface area contributed by atoms with E-state index in [1.165, 1.54) is 17.5 Å². The maximum atomic E-state index is 6.04. The largest absolute Gasteiger partial charge is 0.309 e. The molecule has 0 aromatic heterocycles. The van der Waals surface area contributed by atoms with E-state index in [0.29, 0.717) is 5.92 Å². The number of rotatable bonds is 4. The number of benzene rings is 2. The van der Waals surface area contributed by atoms with Gasteiger partial charge >= 0.3 is 0 Å². The van der Waals surface area contributed by atoms with Gasteiger partial charge in [-0.15, -0.1) is 0 Å². The van der Waals surface area contributed by atoms with Gasteiger partial charge in [0.1, 0.15) is 0 Å². The second-order valence-electron chi connectivity index (χ2n) is 6.01. The Balaban J connectivity index is 2.00. The molecule has 1 nitrogen and oxygen atoms in total. The van der Waals surface area contributed by atoms with Gasteiger partial charge < -0.3 is 4.90 Å². The van der Waals surface area contributed by atoms with E-state index >= 15 is 0 Å². The lowest BCUT2D eigenvalue weighted by Gasteiger charge is -2.21. The van der Waals surface area contributed by atoms with Crippen LogP contribution in [-0.4, -0.2) is 25.5 Å². The highest BCUT2D eigenvalue weighted by Gasteiger charge is 2.56. The Hall–Kier alpha value is -1.31. The fourth-order valence-corrected chi connectivity index (χ4v) is 3.47. The zero-order chi connectivity index (χ0) is 14.2. The smallest absolute Gasteiger partial charge is 0.0406 e. The van der Waals surface area contributed by atoms with Crippen LogP contribution in [0.1, 0.15) is 17.5 Å². The van der Waals surface area contributed by atoms with Crippen LogP contribution >= 0.6 is 11.6 Å². The second kappa shape index (κ2) is 5.23. The third kappa shape index (κ3) is 2.36. The molecule has 3 rings (SSSR count). The Morgan fingerprint density at radius 3 is 2.20 bits per heavy atom. The molecular weight excluding hydrogens is 266 g/mol. The first kappa shape index (κ1) is 13.7. The van der Waals surface area contributed by atoms with Crippen LogP contribution in [0.3, 0.4) is 0 Å². The summed E-state index contributed by atoms with van der Waals surface area (Å²) < 4.78 is 0. The molecule has 0 heterocycles. The predicted molar refractivity (Wildman–Crippen MR) is 85.3 cm³/mol. The van der Waals surface area contributed by atoms with Gasteiger partial charge in [-0.3, -0.25) is 0 Å². The molecule has 2 aromatic carbocycles. The average Bonchev–Trinajstić information content (AvgIpc) is 3.15. The van der Waals surface area contributed by atoms with E-state index in [-0.39, 0.29) is 5.41 Å². The fraction of sp³-hybridized carbons (Fsp3) is 0.333. The third-order valence-electron chi connectivity index (χ3n) is 4.34. The number of nitrogens with zero attached hydrogens (tertiary/aromatic N) is 1. The zero-order valence-corrected chi connectivity index (χ0v) is 12.8. The van der Waals surface area contributed by atoms with E-state index in [9.17, 15) is 0 Å². The maximum Gasteiger partial charge on any atom is 0.0406 e. The van der Waals surface area contributed by atoms with E-state index < -0.39 is 0 Å². The van der Waals surface area contributed by atoms with Crippen molar-refractivity contribution in [3.63, 3.8) is 0 Å². The lowest BCUT2D eigenvalue weighted by molar-refractivity contribution is 0.377. The van der Waals surface area contributed by atoms with Crippen molar-refractivity contribution in [2.24, 2.45) is 5.92 Å². The van der Waals surface area contributed by atoms with Crippen LogP contribution in [-0.2, 0) is 5.41 Å². The van der Waals surface area contributed by atoms with Crippen molar-refractivity contribution in [3.05, 3.63) is 70.7 Å².